The minimum absolute atomic E-state index is 0.127. The fourth-order valence-electron chi connectivity index (χ4n) is 0.807. The SMILES string of the molecule is O=[N+]([O-])Nc1ccc(S(=O)(=O)O)cc1. The predicted molar refractivity (Wildman–Crippen MR) is 46.9 cm³/mol. The molecule has 1 aromatic rings. The van der Waals surface area contributed by atoms with Crippen LogP contribution in [0.25, 0.3) is 0 Å². The van der Waals surface area contributed by atoms with Crippen LogP contribution in [0.2, 0.25) is 0 Å². The number of hydrogen-bond donors (Lipinski definition) is 2. The van der Waals surface area contributed by atoms with Gasteiger partial charge in [0, 0.05) is 0 Å². The third-order valence-electron chi connectivity index (χ3n) is 1.37. The highest BCUT2D eigenvalue weighted by Gasteiger charge is 2.09. The van der Waals surface area contributed by atoms with E-state index in [1.165, 1.54) is 12.1 Å². The van der Waals surface area contributed by atoms with Crippen LogP contribution in [0, 0.1) is 10.1 Å². The minimum atomic E-state index is -4.25. The van der Waals surface area contributed by atoms with Gasteiger partial charge in [-0.05, 0) is 24.3 Å². The molecule has 0 radical (unpaired) electrons. The molecule has 0 spiro atoms. The van der Waals surface area contributed by atoms with Gasteiger partial charge in [-0.25, -0.2) is 10.1 Å². The van der Waals surface area contributed by atoms with E-state index in [0.717, 1.165) is 12.1 Å². The second-order valence-electron chi connectivity index (χ2n) is 2.37. The molecule has 0 aromatic heterocycles. The van der Waals surface area contributed by atoms with Gasteiger partial charge in [-0.15, -0.1) is 5.43 Å². The quantitative estimate of drug-likeness (QED) is 0.435. The number of hydrazine groups is 1. The summed E-state index contributed by atoms with van der Waals surface area (Å²) in [7, 11) is -4.25. The summed E-state index contributed by atoms with van der Waals surface area (Å²) in [6.45, 7) is 0. The molecule has 14 heavy (non-hydrogen) atoms. The first kappa shape index (κ1) is 10.4. The number of nitrogens with zero attached hydrogens (tertiary/aromatic N) is 1. The molecule has 0 fully saturated rings. The topological polar surface area (TPSA) is 110 Å². The fourth-order valence-corrected chi connectivity index (χ4v) is 1.29. The van der Waals surface area contributed by atoms with Crippen molar-refractivity contribution in [2.45, 2.75) is 4.90 Å². The van der Waals surface area contributed by atoms with Crippen LogP contribution in [0.4, 0.5) is 5.69 Å². The summed E-state index contributed by atoms with van der Waals surface area (Å²) in [5.74, 6) is 0. The molecule has 0 saturated carbocycles. The normalized spacial score (nSPS) is 10.9. The van der Waals surface area contributed by atoms with Crippen molar-refractivity contribution in [3.05, 3.63) is 34.4 Å². The van der Waals surface area contributed by atoms with Crippen LogP contribution >= 0.6 is 0 Å². The zero-order valence-electron chi connectivity index (χ0n) is 6.75. The van der Waals surface area contributed by atoms with Gasteiger partial charge in [-0.3, -0.25) is 4.55 Å². The van der Waals surface area contributed by atoms with Crippen LogP contribution in [0.15, 0.2) is 29.2 Å². The predicted octanol–water partition coefficient (Wildman–Crippen LogP) is 0.537. The Morgan fingerprint density at radius 3 is 2.14 bits per heavy atom. The summed E-state index contributed by atoms with van der Waals surface area (Å²) in [6.07, 6.45) is 0. The van der Waals surface area contributed by atoms with Gasteiger partial charge in [0.15, 0.2) is 5.03 Å². The standard InChI is InChI=1S/C6H6N2O5S/c9-8(10)7-5-1-3-6(4-2-5)14(11,12)13/h1-4,7H,(H,11,12,13). The molecular weight excluding hydrogens is 212 g/mol. The maximum Gasteiger partial charge on any atom is 0.294 e. The van der Waals surface area contributed by atoms with E-state index in [4.69, 9.17) is 4.55 Å². The van der Waals surface area contributed by atoms with Gasteiger partial charge in [-0.2, -0.15) is 8.42 Å². The lowest BCUT2D eigenvalue weighted by molar-refractivity contribution is -0.445. The van der Waals surface area contributed by atoms with Gasteiger partial charge in [0.05, 0.1) is 4.90 Å². The lowest BCUT2D eigenvalue weighted by atomic mass is 10.3. The van der Waals surface area contributed by atoms with E-state index in [1.54, 1.807) is 0 Å². The molecule has 76 valence electrons. The number of rotatable bonds is 3. The van der Waals surface area contributed by atoms with Crippen LogP contribution < -0.4 is 5.43 Å². The maximum atomic E-state index is 10.6. The largest absolute Gasteiger partial charge is 0.294 e. The third kappa shape index (κ3) is 2.68. The van der Waals surface area contributed by atoms with Crippen molar-refractivity contribution in [2.75, 3.05) is 5.43 Å². The number of benzene rings is 1. The minimum Gasteiger partial charge on any atom is -0.282 e. The van der Waals surface area contributed by atoms with E-state index < -0.39 is 15.2 Å². The van der Waals surface area contributed by atoms with Gasteiger partial charge in [0.1, 0.15) is 5.69 Å². The molecular formula is C6H6N2O5S. The summed E-state index contributed by atoms with van der Waals surface area (Å²) in [5, 5.41) is 9.20. The highest BCUT2D eigenvalue weighted by Crippen LogP contribution is 2.13. The van der Waals surface area contributed by atoms with Crippen LogP contribution in [-0.4, -0.2) is 18.0 Å². The highest BCUT2D eigenvalue weighted by atomic mass is 32.2. The van der Waals surface area contributed by atoms with Gasteiger partial charge in [0.25, 0.3) is 10.1 Å². The molecule has 0 saturated heterocycles. The zero-order chi connectivity index (χ0) is 10.8. The van der Waals surface area contributed by atoms with E-state index in [9.17, 15) is 18.5 Å². The Hall–Kier alpha value is -1.67. The number of hydrogen-bond acceptors (Lipinski definition) is 4. The van der Waals surface area contributed by atoms with E-state index in [-0.39, 0.29) is 10.6 Å². The van der Waals surface area contributed by atoms with Crippen molar-refractivity contribution in [3.8, 4) is 0 Å². The highest BCUT2D eigenvalue weighted by molar-refractivity contribution is 7.85. The Kier molecular flexibility index (Phi) is 2.68. The first-order valence-corrected chi connectivity index (χ1v) is 4.82. The Morgan fingerprint density at radius 2 is 1.79 bits per heavy atom. The second-order valence-corrected chi connectivity index (χ2v) is 3.79. The number of anilines is 1. The molecule has 0 aliphatic rings. The lowest BCUT2D eigenvalue weighted by Gasteiger charge is -1.98. The van der Waals surface area contributed by atoms with Crippen LogP contribution in [0.1, 0.15) is 0 Å². The molecule has 7 nitrogen and oxygen atoms in total. The molecule has 1 aromatic carbocycles. The molecule has 0 aliphatic heterocycles. The maximum absolute atomic E-state index is 10.6. The van der Waals surface area contributed by atoms with Crippen LogP contribution in [-0.2, 0) is 10.1 Å². The Bertz CT molecular complexity index is 438. The molecule has 8 heteroatoms. The van der Waals surface area contributed by atoms with Crippen molar-refractivity contribution >= 4 is 15.8 Å². The molecule has 0 heterocycles. The van der Waals surface area contributed by atoms with E-state index >= 15 is 0 Å². The number of nitro groups is 1. The van der Waals surface area contributed by atoms with Gasteiger partial charge in [0.2, 0.25) is 0 Å². The summed E-state index contributed by atoms with van der Waals surface area (Å²) >= 11 is 0. The van der Waals surface area contributed by atoms with Crippen LogP contribution in [0.5, 0.6) is 0 Å². The first-order chi connectivity index (χ1) is 6.39. The Balaban J connectivity index is 2.95. The van der Waals surface area contributed by atoms with E-state index in [2.05, 4.69) is 0 Å². The molecule has 0 aliphatic carbocycles. The van der Waals surface area contributed by atoms with Crippen molar-refractivity contribution in [1.29, 1.82) is 0 Å². The fraction of sp³-hybridized carbons (Fsp3) is 0. The molecule has 0 bridgehead atoms. The first-order valence-electron chi connectivity index (χ1n) is 3.38. The average Bonchev–Trinajstić information content (AvgIpc) is 2.02. The van der Waals surface area contributed by atoms with Crippen molar-refractivity contribution in [3.63, 3.8) is 0 Å². The van der Waals surface area contributed by atoms with Gasteiger partial charge < -0.3 is 0 Å². The zero-order valence-corrected chi connectivity index (χ0v) is 7.56. The van der Waals surface area contributed by atoms with Crippen molar-refractivity contribution in [1.82, 2.24) is 0 Å². The summed E-state index contributed by atoms with van der Waals surface area (Å²) in [6, 6.07) is 4.46. The van der Waals surface area contributed by atoms with Crippen molar-refractivity contribution < 1.29 is 18.0 Å². The van der Waals surface area contributed by atoms with Crippen molar-refractivity contribution in [2.24, 2.45) is 0 Å². The van der Waals surface area contributed by atoms with E-state index in [1.807, 2.05) is 5.43 Å². The summed E-state index contributed by atoms with van der Waals surface area (Å²) in [4.78, 5) is 9.66. The second kappa shape index (κ2) is 3.60. The summed E-state index contributed by atoms with van der Waals surface area (Å²) in [5.41, 5.74) is 1.96. The molecule has 1 rings (SSSR count). The summed E-state index contributed by atoms with van der Waals surface area (Å²) < 4.78 is 29.7. The van der Waals surface area contributed by atoms with Gasteiger partial charge >= 0.3 is 0 Å². The van der Waals surface area contributed by atoms with E-state index in [0.29, 0.717) is 0 Å². The molecule has 0 amide bonds. The smallest absolute Gasteiger partial charge is 0.282 e. The molecule has 0 atom stereocenters. The number of nitrogens with one attached hydrogen (secondary N) is 1. The lowest BCUT2D eigenvalue weighted by Crippen LogP contribution is -2.07. The van der Waals surface area contributed by atoms with Crippen LogP contribution in [0.3, 0.4) is 0 Å². The third-order valence-corrected chi connectivity index (χ3v) is 2.24. The average molecular weight is 218 g/mol. The monoisotopic (exact) mass is 218 g/mol. The molecule has 2 N–H and O–H groups in total. The van der Waals surface area contributed by atoms with Gasteiger partial charge in [-0.1, -0.05) is 0 Å². The molecule has 0 unspecified atom stereocenters. The Morgan fingerprint density at radius 1 is 1.29 bits per heavy atom. The Labute approximate surface area is 79.2 Å².